The number of nitrogens with zero attached hydrogens (tertiary/aromatic N) is 2. The third kappa shape index (κ3) is 4.05. The fourth-order valence-electron chi connectivity index (χ4n) is 2.22. The van der Waals surface area contributed by atoms with E-state index in [0.29, 0.717) is 12.1 Å². The molecule has 0 aliphatic rings. The number of carbonyl (C=O) groups excluding carboxylic acids is 1. The second-order valence-corrected chi connectivity index (χ2v) is 4.92. The Kier molecular flexibility index (Phi) is 5.49. The number of amides is 1. The average Bonchev–Trinajstić information content (AvgIpc) is 2.38. The SMILES string of the molecule is CC(C)C(C(=O)NN)N(C)Cc1cccc(C#N)c1. The molecule has 0 aromatic heterocycles. The Bertz CT molecular complexity index is 479. The lowest BCUT2D eigenvalue weighted by atomic mass is 10.0. The molecule has 0 saturated heterocycles. The number of carbonyl (C=O) groups is 1. The first-order valence-electron chi connectivity index (χ1n) is 6.19. The maximum absolute atomic E-state index is 11.8. The predicted molar refractivity (Wildman–Crippen MR) is 73.6 cm³/mol. The molecule has 102 valence electrons. The lowest BCUT2D eigenvalue weighted by molar-refractivity contribution is -0.127. The van der Waals surface area contributed by atoms with Crippen molar-refractivity contribution in [2.45, 2.75) is 26.4 Å². The Morgan fingerprint density at radius 3 is 2.74 bits per heavy atom. The molecule has 1 rings (SSSR count). The van der Waals surface area contributed by atoms with E-state index in [1.807, 2.05) is 44.0 Å². The van der Waals surface area contributed by atoms with Crippen molar-refractivity contribution in [3.63, 3.8) is 0 Å². The zero-order valence-corrected chi connectivity index (χ0v) is 11.6. The number of nitriles is 1. The first kappa shape index (κ1) is 15.2. The van der Waals surface area contributed by atoms with E-state index in [9.17, 15) is 4.79 Å². The fraction of sp³-hybridized carbons (Fsp3) is 0.429. The molecule has 1 aromatic rings. The van der Waals surface area contributed by atoms with Gasteiger partial charge in [-0.25, -0.2) is 5.84 Å². The van der Waals surface area contributed by atoms with Crippen LogP contribution >= 0.6 is 0 Å². The van der Waals surface area contributed by atoms with E-state index < -0.39 is 0 Å². The summed E-state index contributed by atoms with van der Waals surface area (Å²) in [6.45, 7) is 4.54. The van der Waals surface area contributed by atoms with Gasteiger partial charge in [0.15, 0.2) is 0 Å². The summed E-state index contributed by atoms with van der Waals surface area (Å²) in [4.78, 5) is 13.7. The minimum absolute atomic E-state index is 0.146. The second-order valence-electron chi connectivity index (χ2n) is 4.92. The zero-order chi connectivity index (χ0) is 14.4. The van der Waals surface area contributed by atoms with Gasteiger partial charge in [-0.2, -0.15) is 5.26 Å². The van der Waals surface area contributed by atoms with Gasteiger partial charge in [-0.15, -0.1) is 0 Å². The highest BCUT2D eigenvalue weighted by molar-refractivity contribution is 5.81. The summed E-state index contributed by atoms with van der Waals surface area (Å²) in [6, 6.07) is 9.18. The van der Waals surface area contributed by atoms with Crippen LogP contribution in [0, 0.1) is 17.2 Å². The largest absolute Gasteiger partial charge is 0.293 e. The second kappa shape index (κ2) is 6.88. The van der Waals surface area contributed by atoms with Gasteiger partial charge in [0.05, 0.1) is 17.7 Å². The van der Waals surface area contributed by atoms with E-state index in [0.717, 1.165) is 5.56 Å². The van der Waals surface area contributed by atoms with Crippen molar-refractivity contribution in [2.75, 3.05) is 7.05 Å². The molecule has 0 spiro atoms. The number of nitrogens with two attached hydrogens (primary N) is 1. The monoisotopic (exact) mass is 260 g/mol. The third-order valence-electron chi connectivity index (χ3n) is 3.01. The molecule has 19 heavy (non-hydrogen) atoms. The molecular weight excluding hydrogens is 240 g/mol. The number of rotatable bonds is 5. The van der Waals surface area contributed by atoms with Gasteiger partial charge >= 0.3 is 0 Å². The number of hydrogen-bond acceptors (Lipinski definition) is 4. The van der Waals surface area contributed by atoms with E-state index in [1.165, 1.54) is 0 Å². The van der Waals surface area contributed by atoms with Crippen LogP contribution in [0.1, 0.15) is 25.0 Å². The molecule has 1 aromatic carbocycles. The van der Waals surface area contributed by atoms with Crippen LogP contribution in [0.15, 0.2) is 24.3 Å². The van der Waals surface area contributed by atoms with Crippen molar-refractivity contribution in [3.05, 3.63) is 35.4 Å². The molecule has 0 radical (unpaired) electrons. The van der Waals surface area contributed by atoms with Gasteiger partial charge in [0.25, 0.3) is 5.91 Å². The van der Waals surface area contributed by atoms with Crippen LogP contribution in [0.2, 0.25) is 0 Å². The number of hydrazine groups is 1. The summed E-state index contributed by atoms with van der Waals surface area (Å²) < 4.78 is 0. The standard InChI is InChI=1S/C14H20N4O/c1-10(2)13(14(19)17-16)18(3)9-12-6-4-5-11(7-12)8-15/h4-7,10,13H,9,16H2,1-3H3,(H,17,19). The van der Waals surface area contributed by atoms with Crippen molar-refractivity contribution < 1.29 is 4.79 Å². The van der Waals surface area contributed by atoms with Gasteiger partial charge in [0.1, 0.15) is 0 Å². The molecule has 0 heterocycles. The maximum atomic E-state index is 11.8. The minimum Gasteiger partial charge on any atom is -0.293 e. The van der Waals surface area contributed by atoms with Crippen molar-refractivity contribution in [2.24, 2.45) is 11.8 Å². The summed E-state index contributed by atoms with van der Waals surface area (Å²) in [7, 11) is 1.87. The summed E-state index contributed by atoms with van der Waals surface area (Å²) in [6.07, 6.45) is 0. The smallest absolute Gasteiger partial charge is 0.251 e. The molecule has 0 fully saturated rings. The van der Waals surface area contributed by atoms with E-state index in [-0.39, 0.29) is 17.9 Å². The molecular formula is C14H20N4O. The Hall–Kier alpha value is -1.90. The first-order valence-corrected chi connectivity index (χ1v) is 6.19. The summed E-state index contributed by atoms with van der Waals surface area (Å²) >= 11 is 0. The van der Waals surface area contributed by atoms with Crippen LogP contribution in [-0.4, -0.2) is 23.9 Å². The molecule has 0 bridgehead atoms. The van der Waals surface area contributed by atoms with Gasteiger partial charge in [-0.3, -0.25) is 15.1 Å². The van der Waals surface area contributed by atoms with E-state index in [4.69, 9.17) is 11.1 Å². The topological polar surface area (TPSA) is 82.2 Å². The molecule has 0 aliphatic heterocycles. The average molecular weight is 260 g/mol. The van der Waals surface area contributed by atoms with Crippen LogP contribution in [0.5, 0.6) is 0 Å². The minimum atomic E-state index is -0.296. The highest BCUT2D eigenvalue weighted by atomic mass is 16.2. The third-order valence-corrected chi connectivity index (χ3v) is 3.01. The molecule has 5 heteroatoms. The lowest BCUT2D eigenvalue weighted by Crippen LogP contribution is -2.50. The molecule has 5 nitrogen and oxygen atoms in total. The van der Waals surface area contributed by atoms with Gasteiger partial charge in [-0.05, 0) is 30.7 Å². The van der Waals surface area contributed by atoms with E-state index in [1.54, 1.807) is 6.07 Å². The van der Waals surface area contributed by atoms with Crippen molar-refractivity contribution in [3.8, 4) is 6.07 Å². The highest BCUT2D eigenvalue weighted by Crippen LogP contribution is 2.14. The van der Waals surface area contributed by atoms with Crippen LogP contribution in [0.4, 0.5) is 0 Å². The Morgan fingerprint density at radius 2 is 2.21 bits per heavy atom. The highest BCUT2D eigenvalue weighted by Gasteiger charge is 2.25. The van der Waals surface area contributed by atoms with Gasteiger partial charge in [-0.1, -0.05) is 26.0 Å². The summed E-state index contributed by atoms with van der Waals surface area (Å²) in [5, 5.41) is 8.88. The molecule has 1 amide bonds. The number of hydrogen-bond donors (Lipinski definition) is 2. The van der Waals surface area contributed by atoms with Crippen LogP contribution in [0.3, 0.4) is 0 Å². The zero-order valence-electron chi connectivity index (χ0n) is 11.6. The molecule has 0 saturated carbocycles. The lowest BCUT2D eigenvalue weighted by Gasteiger charge is -2.29. The van der Waals surface area contributed by atoms with Crippen LogP contribution in [-0.2, 0) is 11.3 Å². The van der Waals surface area contributed by atoms with Gasteiger partial charge in [0.2, 0.25) is 0 Å². The van der Waals surface area contributed by atoms with Crippen LogP contribution in [0.25, 0.3) is 0 Å². The molecule has 1 atom stereocenters. The molecule has 0 aliphatic carbocycles. The Morgan fingerprint density at radius 1 is 1.53 bits per heavy atom. The van der Waals surface area contributed by atoms with E-state index in [2.05, 4.69) is 11.5 Å². The van der Waals surface area contributed by atoms with Crippen molar-refractivity contribution in [1.29, 1.82) is 5.26 Å². The van der Waals surface area contributed by atoms with Crippen molar-refractivity contribution in [1.82, 2.24) is 10.3 Å². The molecule has 3 N–H and O–H groups in total. The Balaban J connectivity index is 2.84. The van der Waals surface area contributed by atoms with Gasteiger partial charge < -0.3 is 0 Å². The predicted octanol–water partition coefficient (Wildman–Crippen LogP) is 1.00. The van der Waals surface area contributed by atoms with Gasteiger partial charge in [0, 0.05) is 6.54 Å². The van der Waals surface area contributed by atoms with Crippen molar-refractivity contribution >= 4 is 5.91 Å². The quantitative estimate of drug-likeness (QED) is 0.470. The number of nitrogens with one attached hydrogen (secondary N) is 1. The summed E-state index contributed by atoms with van der Waals surface area (Å²) in [5.41, 5.74) is 3.82. The number of benzene rings is 1. The Labute approximate surface area is 114 Å². The number of likely N-dealkylation sites (N-methyl/N-ethyl adjacent to an activating group) is 1. The normalized spacial score (nSPS) is 12.3. The van der Waals surface area contributed by atoms with Crippen LogP contribution < -0.4 is 11.3 Å². The molecule has 1 unspecified atom stereocenters. The fourth-order valence-corrected chi connectivity index (χ4v) is 2.22. The first-order chi connectivity index (χ1) is 8.99. The maximum Gasteiger partial charge on any atom is 0.251 e. The summed E-state index contributed by atoms with van der Waals surface area (Å²) in [5.74, 6) is 5.16. The van der Waals surface area contributed by atoms with E-state index >= 15 is 0 Å².